The molecule has 0 spiro atoms. The molecule has 0 bridgehead atoms. The fourth-order valence-electron chi connectivity index (χ4n) is 4.12. The number of benzene rings is 2. The summed E-state index contributed by atoms with van der Waals surface area (Å²) in [5.41, 5.74) is 3.66. The van der Waals surface area contributed by atoms with E-state index in [4.69, 9.17) is 14.5 Å². The fraction of sp³-hybridized carbons (Fsp3) is 0.407. The molecule has 0 aliphatic rings. The molecule has 1 aromatic heterocycles. The average molecular weight is 481 g/mol. The van der Waals surface area contributed by atoms with Crippen LogP contribution in [0, 0.1) is 0 Å². The van der Waals surface area contributed by atoms with Crippen molar-refractivity contribution < 1.29 is 19.4 Å². The highest BCUT2D eigenvalue weighted by Crippen LogP contribution is 2.37. The van der Waals surface area contributed by atoms with Gasteiger partial charge in [-0.05, 0) is 49.8 Å². The number of H-pyrrole nitrogens is 1. The SMILES string of the molecule is CCC(=Nc1ccc(N(C)C(=O)CCN(CC)CC)cc1)c1c(O)[nH]c2cc(OC)c(OC)cc12. The molecule has 2 N–H and O–H groups in total. The van der Waals surface area contributed by atoms with E-state index in [1.165, 1.54) is 0 Å². The van der Waals surface area contributed by atoms with E-state index < -0.39 is 0 Å². The number of aromatic amines is 1. The number of fused-ring (bicyclic) bond motifs is 1. The van der Waals surface area contributed by atoms with E-state index in [9.17, 15) is 9.90 Å². The predicted molar refractivity (Wildman–Crippen MR) is 142 cm³/mol. The lowest BCUT2D eigenvalue weighted by molar-refractivity contribution is -0.118. The third kappa shape index (κ3) is 5.77. The van der Waals surface area contributed by atoms with Crippen LogP contribution in [0.4, 0.5) is 11.4 Å². The Morgan fingerprint density at radius 1 is 1.03 bits per heavy atom. The van der Waals surface area contributed by atoms with Crippen LogP contribution < -0.4 is 14.4 Å². The first-order chi connectivity index (χ1) is 16.9. The molecule has 3 aromatic rings. The van der Waals surface area contributed by atoms with Crippen LogP contribution in [0.1, 0.15) is 39.2 Å². The number of nitrogens with one attached hydrogen (secondary N) is 1. The summed E-state index contributed by atoms with van der Waals surface area (Å²) < 4.78 is 10.8. The van der Waals surface area contributed by atoms with Crippen molar-refractivity contribution in [1.29, 1.82) is 0 Å². The highest BCUT2D eigenvalue weighted by molar-refractivity contribution is 6.14. The number of aromatic hydroxyl groups is 1. The maximum Gasteiger partial charge on any atom is 0.228 e. The molecule has 0 fully saturated rings. The number of hydrogen-bond donors (Lipinski definition) is 2. The lowest BCUT2D eigenvalue weighted by Gasteiger charge is -2.21. The summed E-state index contributed by atoms with van der Waals surface area (Å²) in [5, 5.41) is 11.5. The van der Waals surface area contributed by atoms with E-state index in [1.807, 2.05) is 37.3 Å². The number of hydrogen-bond acceptors (Lipinski definition) is 6. The number of aromatic nitrogens is 1. The Kier molecular flexibility index (Phi) is 8.76. The van der Waals surface area contributed by atoms with Gasteiger partial charge in [0.15, 0.2) is 17.4 Å². The zero-order chi connectivity index (χ0) is 25.5. The van der Waals surface area contributed by atoms with Crippen molar-refractivity contribution in [2.45, 2.75) is 33.6 Å². The Morgan fingerprint density at radius 2 is 1.66 bits per heavy atom. The molecule has 8 nitrogen and oxygen atoms in total. The predicted octanol–water partition coefficient (Wildman–Crippen LogP) is 5.12. The number of ether oxygens (including phenoxy) is 2. The molecule has 8 heteroatoms. The molecule has 0 saturated heterocycles. The molecule has 0 atom stereocenters. The molecular formula is C27H36N4O4. The fourth-order valence-corrected chi connectivity index (χ4v) is 4.12. The van der Waals surface area contributed by atoms with Gasteiger partial charge in [-0.25, -0.2) is 0 Å². The summed E-state index contributed by atoms with van der Waals surface area (Å²) in [6, 6.07) is 11.2. The second-order valence-electron chi connectivity index (χ2n) is 8.26. The largest absolute Gasteiger partial charge is 0.494 e. The van der Waals surface area contributed by atoms with E-state index in [2.05, 4.69) is 23.7 Å². The molecule has 35 heavy (non-hydrogen) atoms. The van der Waals surface area contributed by atoms with Crippen LogP contribution in [-0.4, -0.2) is 67.5 Å². The molecule has 1 amide bonds. The van der Waals surface area contributed by atoms with Gasteiger partial charge in [0.05, 0.1) is 36.7 Å². The molecule has 0 radical (unpaired) electrons. The molecule has 188 valence electrons. The number of aliphatic imine (C=N–C) groups is 1. The quantitative estimate of drug-likeness (QED) is 0.372. The van der Waals surface area contributed by atoms with Gasteiger partial charge in [-0.2, -0.15) is 0 Å². The lowest BCUT2D eigenvalue weighted by atomic mass is 10.1. The minimum atomic E-state index is 0.0473. The van der Waals surface area contributed by atoms with Gasteiger partial charge in [0.25, 0.3) is 0 Å². The second-order valence-corrected chi connectivity index (χ2v) is 8.26. The van der Waals surface area contributed by atoms with Crippen LogP contribution in [0.3, 0.4) is 0 Å². The van der Waals surface area contributed by atoms with E-state index in [1.54, 1.807) is 32.2 Å². The van der Waals surface area contributed by atoms with E-state index in [0.29, 0.717) is 29.9 Å². The van der Waals surface area contributed by atoms with Crippen LogP contribution in [0.2, 0.25) is 0 Å². The van der Waals surface area contributed by atoms with Crippen molar-refractivity contribution in [1.82, 2.24) is 9.88 Å². The summed E-state index contributed by atoms with van der Waals surface area (Å²) in [5.74, 6) is 1.28. The Balaban J connectivity index is 1.85. The molecule has 3 rings (SSSR count). The van der Waals surface area contributed by atoms with Gasteiger partial charge >= 0.3 is 0 Å². The summed E-state index contributed by atoms with van der Waals surface area (Å²) in [6.07, 6.45) is 1.09. The Bertz CT molecular complexity index is 1180. The van der Waals surface area contributed by atoms with Crippen LogP contribution in [0.25, 0.3) is 10.9 Å². The van der Waals surface area contributed by atoms with Crippen molar-refractivity contribution in [3.63, 3.8) is 0 Å². The number of rotatable bonds is 11. The summed E-state index contributed by atoms with van der Waals surface area (Å²) >= 11 is 0. The zero-order valence-corrected chi connectivity index (χ0v) is 21.5. The number of amides is 1. The van der Waals surface area contributed by atoms with Crippen molar-refractivity contribution in [2.24, 2.45) is 4.99 Å². The first-order valence-electron chi connectivity index (χ1n) is 12.0. The normalized spacial score (nSPS) is 11.8. The summed E-state index contributed by atoms with van der Waals surface area (Å²) in [6.45, 7) is 8.83. The Morgan fingerprint density at radius 3 is 2.23 bits per heavy atom. The Labute approximate surface area is 207 Å². The minimum absolute atomic E-state index is 0.0473. The van der Waals surface area contributed by atoms with Gasteiger partial charge < -0.3 is 29.4 Å². The third-order valence-corrected chi connectivity index (χ3v) is 6.32. The number of carbonyl (C=O) groups is 1. The van der Waals surface area contributed by atoms with Crippen LogP contribution in [-0.2, 0) is 4.79 Å². The molecule has 0 aliphatic heterocycles. The van der Waals surface area contributed by atoms with Gasteiger partial charge in [-0.15, -0.1) is 0 Å². The van der Waals surface area contributed by atoms with Crippen molar-refractivity contribution in [2.75, 3.05) is 45.8 Å². The molecule has 1 heterocycles. The van der Waals surface area contributed by atoms with Gasteiger partial charge in [0.1, 0.15) is 0 Å². The highest BCUT2D eigenvalue weighted by Gasteiger charge is 2.19. The number of nitrogens with zero attached hydrogens (tertiary/aromatic N) is 3. The lowest BCUT2D eigenvalue weighted by Crippen LogP contribution is -2.32. The van der Waals surface area contributed by atoms with E-state index >= 15 is 0 Å². The average Bonchev–Trinajstić information content (AvgIpc) is 3.20. The second kappa shape index (κ2) is 11.8. The maximum atomic E-state index is 12.6. The van der Waals surface area contributed by atoms with Gasteiger partial charge in [0, 0.05) is 37.2 Å². The summed E-state index contributed by atoms with van der Waals surface area (Å²) in [4.78, 5) is 24.4. The van der Waals surface area contributed by atoms with Crippen molar-refractivity contribution in [3.05, 3.63) is 42.0 Å². The standard InChI is InChI=1S/C27H36N4O4/c1-7-21(26-20-16-23(34-5)24(35-6)17-22(20)29-27(26)33)28-18-10-12-19(13-11-18)30(4)25(32)14-15-31(8-2)9-3/h10-13,16-17,29,33H,7-9,14-15H2,1-6H3. The summed E-state index contributed by atoms with van der Waals surface area (Å²) in [7, 11) is 4.95. The van der Waals surface area contributed by atoms with Crippen LogP contribution in [0.5, 0.6) is 17.4 Å². The number of carbonyl (C=O) groups excluding carboxylic acids is 1. The van der Waals surface area contributed by atoms with Crippen molar-refractivity contribution in [3.8, 4) is 17.4 Å². The van der Waals surface area contributed by atoms with Crippen LogP contribution in [0.15, 0.2) is 41.4 Å². The van der Waals surface area contributed by atoms with E-state index in [0.717, 1.165) is 47.6 Å². The molecule has 2 aromatic carbocycles. The van der Waals surface area contributed by atoms with Gasteiger partial charge in [0.2, 0.25) is 5.91 Å². The molecule has 0 aliphatic carbocycles. The van der Waals surface area contributed by atoms with Crippen LogP contribution >= 0.6 is 0 Å². The van der Waals surface area contributed by atoms with E-state index in [-0.39, 0.29) is 11.8 Å². The zero-order valence-electron chi connectivity index (χ0n) is 21.5. The first kappa shape index (κ1) is 26.1. The molecular weight excluding hydrogens is 444 g/mol. The minimum Gasteiger partial charge on any atom is -0.494 e. The number of anilines is 1. The number of methoxy groups -OCH3 is 2. The third-order valence-electron chi connectivity index (χ3n) is 6.32. The monoisotopic (exact) mass is 480 g/mol. The Hall–Kier alpha value is -3.52. The highest BCUT2D eigenvalue weighted by atomic mass is 16.5. The smallest absolute Gasteiger partial charge is 0.228 e. The molecule has 0 saturated carbocycles. The topological polar surface area (TPSA) is 90.4 Å². The van der Waals surface area contributed by atoms with Gasteiger partial charge in [-0.1, -0.05) is 20.8 Å². The maximum absolute atomic E-state index is 12.6. The molecule has 0 unspecified atom stereocenters. The first-order valence-corrected chi connectivity index (χ1v) is 12.0. The van der Waals surface area contributed by atoms with Gasteiger partial charge in [-0.3, -0.25) is 9.79 Å². The van der Waals surface area contributed by atoms with Crippen molar-refractivity contribution >= 4 is 33.9 Å².